The molecule has 3 aromatic rings. The summed E-state index contributed by atoms with van der Waals surface area (Å²) in [5.74, 6) is 2.29. The molecule has 0 aliphatic carbocycles. The fraction of sp³-hybridized carbons (Fsp3) is 0.238. The number of hydrogen-bond donors (Lipinski definition) is 0. The highest BCUT2D eigenvalue weighted by Crippen LogP contribution is 2.29. The van der Waals surface area contributed by atoms with Crippen LogP contribution in [0, 0.1) is 0 Å². The molecule has 0 atom stereocenters. The quantitative estimate of drug-likeness (QED) is 0.596. The van der Waals surface area contributed by atoms with Gasteiger partial charge in [0.2, 0.25) is 17.6 Å². The van der Waals surface area contributed by atoms with Crippen LogP contribution in [0.4, 0.5) is 0 Å². The predicted molar refractivity (Wildman–Crippen MR) is 105 cm³/mol. The number of aromatic nitrogens is 3. The zero-order chi connectivity index (χ0) is 20.2. The lowest BCUT2D eigenvalue weighted by Gasteiger charge is -2.36. The van der Waals surface area contributed by atoms with E-state index in [2.05, 4.69) is 15.1 Å². The Kier molecular flexibility index (Phi) is 5.24. The average molecular weight is 392 g/mol. The molecule has 0 radical (unpaired) electrons. The Labute approximate surface area is 167 Å². The van der Waals surface area contributed by atoms with E-state index in [4.69, 9.17) is 14.0 Å². The molecule has 8 heteroatoms. The van der Waals surface area contributed by atoms with E-state index >= 15 is 0 Å². The van der Waals surface area contributed by atoms with Crippen molar-refractivity contribution in [2.75, 3.05) is 27.3 Å². The van der Waals surface area contributed by atoms with E-state index in [0.717, 1.165) is 11.1 Å². The number of methoxy groups -OCH3 is 2. The molecule has 0 saturated carbocycles. The van der Waals surface area contributed by atoms with E-state index < -0.39 is 0 Å². The van der Waals surface area contributed by atoms with Crippen LogP contribution < -0.4 is 9.47 Å². The monoisotopic (exact) mass is 392 g/mol. The molecule has 2 aromatic heterocycles. The van der Waals surface area contributed by atoms with Crippen molar-refractivity contribution < 1.29 is 18.8 Å². The first-order valence-corrected chi connectivity index (χ1v) is 9.11. The normalized spacial score (nSPS) is 14.1. The minimum Gasteiger partial charge on any atom is -0.493 e. The Morgan fingerprint density at radius 1 is 1.21 bits per heavy atom. The topological polar surface area (TPSA) is 90.6 Å². The number of likely N-dealkylation sites (tertiary alicyclic amines) is 1. The molecular weight excluding hydrogens is 372 g/mol. The van der Waals surface area contributed by atoms with Gasteiger partial charge in [0.1, 0.15) is 0 Å². The fourth-order valence-electron chi connectivity index (χ4n) is 3.06. The average Bonchev–Trinajstić information content (AvgIpc) is 3.21. The molecule has 0 spiro atoms. The first-order chi connectivity index (χ1) is 14.2. The molecule has 1 amide bonds. The fourth-order valence-corrected chi connectivity index (χ4v) is 3.06. The molecule has 1 aromatic carbocycles. The van der Waals surface area contributed by atoms with Crippen molar-refractivity contribution in [2.24, 2.45) is 0 Å². The maximum atomic E-state index is 12.4. The van der Waals surface area contributed by atoms with Crippen LogP contribution in [0.5, 0.6) is 11.5 Å². The van der Waals surface area contributed by atoms with Gasteiger partial charge in [0.05, 0.1) is 20.1 Å². The number of ether oxygens (including phenoxy) is 2. The molecule has 0 N–H and O–H groups in total. The molecule has 1 aliphatic rings. The van der Waals surface area contributed by atoms with E-state index in [1.54, 1.807) is 49.7 Å². The van der Waals surface area contributed by atoms with Gasteiger partial charge in [0.15, 0.2) is 11.5 Å². The molecule has 8 nitrogen and oxygen atoms in total. The number of rotatable bonds is 6. The second-order valence-electron chi connectivity index (χ2n) is 6.59. The summed E-state index contributed by atoms with van der Waals surface area (Å²) in [4.78, 5) is 22.6. The standard InChI is InChI=1S/C21H20N4O4/c1-27-17-7-5-14(10-18(17)28-2)6-8-19(26)25-12-16(13-25)21-23-20(24-29-21)15-4-3-9-22-11-15/h3-11,16H,12-13H2,1-2H3/b8-6+. The number of hydrogen-bond acceptors (Lipinski definition) is 7. The van der Waals surface area contributed by atoms with E-state index in [0.29, 0.717) is 36.3 Å². The van der Waals surface area contributed by atoms with Gasteiger partial charge in [-0.1, -0.05) is 11.2 Å². The molecule has 148 valence electrons. The third-order valence-electron chi connectivity index (χ3n) is 4.73. The molecule has 29 heavy (non-hydrogen) atoms. The van der Waals surface area contributed by atoms with Crippen molar-refractivity contribution in [1.82, 2.24) is 20.0 Å². The summed E-state index contributed by atoms with van der Waals surface area (Å²) < 4.78 is 15.9. The van der Waals surface area contributed by atoms with Gasteiger partial charge in [-0.3, -0.25) is 9.78 Å². The lowest BCUT2D eigenvalue weighted by molar-refractivity contribution is -0.130. The summed E-state index contributed by atoms with van der Waals surface area (Å²) in [6.07, 6.45) is 6.68. The number of pyridine rings is 1. The van der Waals surface area contributed by atoms with Crippen LogP contribution in [0.2, 0.25) is 0 Å². The summed E-state index contributed by atoms with van der Waals surface area (Å²) >= 11 is 0. The number of amides is 1. The maximum Gasteiger partial charge on any atom is 0.246 e. The highest BCUT2D eigenvalue weighted by molar-refractivity contribution is 5.92. The number of nitrogens with zero attached hydrogens (tertiary/aromatic N) is 4. The predicted octanol–water partition coefficient (Wildman–Crippen LogP) is 2.79. The van der Waals surface area contributed by atoms with E-state index in [-0.39, 0.29) is 11.8 Å². The Morgan fingerprint density at radius 3 is 2.76 bits per heavy atom. The summed E-state index contributed by atoms with van der Waals surface area (Å²) in [5.41, 5.74) is 1.65. The van der Waals surface area contributed by atoms with Crippen molar-refractivity contribution >= 4 is 12.0 Å². The Hall–Kier alpha value is -3.68. The van der Waals surface area contributed by atoms with Crippen molar-refractivity contribution in [3.05, 3.63) is 60.3 Å². The number of carbonyl (C=O) groups is 1. The van der Waals surface area contributed by atoms with Gasteiger partial charge in [-0.25, -0.2) is 0 Å². The lowest BCUT2D eigenvalue weighted by Crippen LogP contribution is -2.47. The van der Waals surface area contributed by atoms with E-state index in [1.807, 2.05) is 24.3 Å². The number of benzene rings is 1. The Bertz CT molecular complexity index is 1030. The van der Waals surface area contributed by atoms with Gasteiger partial charge in [-0.15, -0.1) is 0 Å². The Balaban J connectivity index is 1.35. The van der Waals surface area contributed by atoms with Gasteiger partial charge >= 0.3 is 0 Å². The van der Waals surface area contributed by atoms with Crippen molar-refractivity contribution in [3.63, 3.8) is 0 Å². The van der Waals surface area contributed by atoms with Crippen molar-refractivity contribution in [3.8, 4) is 22.9 Å². The SMILES string of the molecule is COc1ccc(/C=C/C(=O)N2CC(c3nc(-c4cccnc4)no3)C2)cc1OC. The molecule has 4 rings (SSSR count). The van der Waals surface area contributed by atoms with E-state index in [1.165, 1.54) is 0 Å². The molecule has 0 bridgehead atoms. The van der Waals surface area contributed by atoms with Crippen molar-refractivity contribution in [2.45, 2.75) is 5.92 Å². The van der Waals surface area contributed by atoms with Crippen LogP contribution in [-0.2, 0) is 4.79 Å². The first-order valence-electron chi connectivity index (χ1n) is 9.11. The van der Waals surface area contributed by atoms with Crippen LogP contribution in [0.1, 0.15) is 17.4 Å². The third-order valence-corrected chi connectivity index (χ3v) is 4.73. The van der Waals surface area contributed by atoms with Crippen LogP contribution in [0.15, 0.2) is 53.3 Å². The largest absolute Gasteiger partial charge is 0.493 e. The third kappa shape index (κ3) is 3.96. The van der Waals surface area contributed by atoms with Gasteiger partial charge in [-0.2, -0.15) is 4.98 Å². The minimum atomic E-state index is -0.0666. The zero-order valence-electron chi connectivity index (χ0n) is 16.1. The number of carbonyl (C=O) groups excluding carboxylic acids is 1. The van der Waals surface area contributed by atoms with Gasteiger partial charge in [0, 0.05) is 37.1 Å². The van der Waals surface area contributed by atoms with Crippen LogP contribution >= 0.6 is 0 Å². The summed E-state index contributed by atoms with van der Waals surface area (Å²) in [5, 5.41) is 4.00. The van der Waals surface area contributed by atoms with Gasteiger partial charge in [-0.05, 0) is 35.9 Å². The van der Waals surface area contributed by atoms with Crippen LogP contribution in [-0.4, -0.2) is 53.2 Å². The molecular formula is C21H20N4O4. The van der Waals surface area contributed by atoms with Gasteiger partial charge < -0.3 is 18.9 Å². The molecule has 1 aliphatic heterocycles. The zero-order valence-corrected chi connectivity index (χ0v) is 16.1. The van der Waals surface area contributed by atoms with E-state index in [9.17, 15) is 4.79 Å². The highest BCUT2D eigenvalue weighted by Gasteiger charge is 2.34. The first kappa shape index (κ1) is 18.7. The molecule has 1 fully saturated rings. The van der Waals surface area contributed by atoms with Gasteiger partial charge in [0.25, 0.3) is 0 Å². The lowest BCUT2D eigenvalue weighted by atomic mass is 10.00. The molecule has 3 heterocycles. The second kappa shape index (κ2) is 8.14. The molecule has 0 unspecified atom stereocenters. The van der Waals surface area contributed by atoms with Crippen LogP contribution in [0.25, 0.3) is 17.5 Å². The summed E-state index contributed by atoms with van der Waals surface area (Å²) in [6, 6.07) is 9.18. The summed E-state index contributed by atoms with van der Waals surface area (Å²) in [7, 11) is 3.16. The minimum absolute atomic E-state index is 0.0475. The highest BCUT2D eigenvalue weighted by atomic mass is 16.5. The maximum absolute atomic E-state index is 12.4. The summed E-state index contributed by atoms with van der Waals surface area (Å²) in [6.45, 7) is 1.09. The smallest absolute Gasteiger partial charge is 0.246 e. The van der Waals surface area contributed by atoms with Crippen LogP contribution in [0.3, 0.4) is 0 Å². The Morgan fingerprint density at radius 2 is 2.03 bits per heavy atom. The van der Waals surface area contributed by atoms with Crippen molar-refractivity contribution in [1.29, 1.82) is 0 Å². The molecule has 1 saturated heterocycles. The second-order valence-corrected chi connectivity index (χ2v) is 6.59.